The lowest BCUT2D eigenvalue weighted by atomic mass is 10.00. The summed E-state index contributed by atoms with van der Waals surface area (Å²) in [5, 5.41) is 18.3. The van der Waals surface area contributed by atoms with Crippen LogP contribution >= 0.6 is 11.8 Å². The van der Waals surface area contributed by atoms with E-state index in [4.69, 9.17) is 9.47 Å². The third kappa shape index (κ3) is 15.5. The first-order valence-electron chi connectivity index (χ1n) is 19.8. The molecule has 0 radical (unpaired) electrons. The number of nitro groups is 1. The van der Waals surface area contributed by atoms with Crippen LogP contribution in [0, 0.1) is 10.1 Å². The minimum absolute atomic E-state index is 0.0894. The highest BCUT2D eigenvalue weighted by atomic mass is 32.2. The van der Waals surface area contributed by atoms with Gasteiger partial charge in [0.05, 0.1) is 16.9 Å². The molecule has 4 aromatic rings. The monoisotopic (exact) mass is 862 g/mol. The molecule has 0 saturated heterocycles. The summed E-state index contributed by atoms with van der Waals surface area (Å²) in [4.78, 5) is 41.9. The molecule has 0 aliphatic rings. The number of nitrogens with zero attached hydrogens (tertiary/aromatic N) is 3. The Bertz CT molecular complexity index is 2150. The van der Waals surface area contributed by atoms with E-state index < -0.39 is 43.1 Å². The van der Waals surface area contributed by atoms with Crippen molar-refractivity contribution in [1.82, 2.24) is 19.8 Å². The lowest BCUT2D eigenvalue weighted by Gasteiger charge is -2.21. The van der Waals surface area contributed by atoms with Gasteiger partial charge in [-0.3, -0.25) is 14.9 Å². The number of anilines is 1. The van der Waals surface area contributed by atoms with Crippen LogP contribution in [-0.2, 0) is 21.2 Å². The second-order valence-corrected chi connectivity index (χ2v) is 18.5. The average molecular weight is 863 g/mol. The molecule has 0 bridgehead atoms. The number of nitrogens with one attached hydrogen (secondary N) is 3. The highest BCUT2D eigenvalue weighted by Crippen LogP contribution is 2.33. The topological polar surface area (TPSA) is 172 Å². The van der Waals surface area contributed by atoms with Gasteiger partial charge >= 0.3 is 6.09 Å². The van der Waals surface area contributed by atoms with Crippen molar-refractivity contribution in [2.45, 2.75) is 67.9 Å². The standard InChI is InChI=1S/C44H58N6O8S2/c1-44(2,3)58-43(52)45-25-12-11-13-35(31-59-36-14-9-8-10-15-36)46-39-23-21-37(30-40(39)50(53)54)60(55,56)47-42(51)34-19-17-33(18-20-34)38-22-16-32(29-41(38)57-7)24-26-49(6)28-27-48(4)5/h8-10,14-23,29-30,35,46H,11-13,24-28,31H2,1-7H3,(H,45,52)(H,47,51)/t35-/m1/s1. The number of sulfonamides is 1. The van der Waals surface area contributed by atoms with Gasteiger partial charge in [-0.15, -0.1) is 11.8 Å². The molecule has 0 spiro atoms. The summed E-state index contributed by atoms with van der Waals surface area (Å²) >= 11 is 1.58. The fourth-order valence-corrected chi connectivity index (χ4v) is 8.06. The zero-order valence-corrected chi connectivity index (χ0v) is 37.2. The molecule has 0 unspecified atom stereocenters. The number of amides is 2. The van der Waals surface area contributed by atoms with E-state index >= 15 is 0 Å². The number of ether oxygens (including phenoxy) is 2. The Balaban J connectivity index is 1.42. The number of hydrogen-bond acceptors (Lipinski definition) is 12. The van der Waals surface area contributed by atoms with Gasteiger partial charge in [-0.2, -0.15) is 0 Å². The molecule has 0 saturated carbocycles. The van der Waals surface area contributed by atoms with Gasteiger partial charge in [-0.25, -0.2) is 17.9 Å². The molecule has 1 atom stereocenters. The Hall–Kier alpha value is -5.16. The number of carbonyl (C=O) groups is 2. The number of likely N-dealkylation sites (N-methyl/N-ethyl adjacent to an activating group) is 2. The normalized spacial score (nSPS) is 12.2. The highest BCUT2D eigenvalue weighted by molar-refractivity contribution is 7.99. The van der Waals surface area contributed by atoms with Crippen molar-refractivity contribution in [3.63, 3.8) is 0 Å². The van der Waals surface area contributed by atoms with Crippen molar-refractivity contribution in [1.29, 1.82) is 0 Å². The number of carbonyl (C=O) groups excluding carboxylic acids is 2. The van der Waals surface area contributed by atoms with E-state index in [-0.39, 0.29) is 17.3 Å². The molecular formula is C44H58N6O8S2. The van der Waals surface area contributed by atoms with E-state index in [9.17, 15) is 28.1 Å². The maximum Gasteiger partial charge on any atom is 0.407 e. The van der Waals surface area contributed by atoms with E-state index in [1.165, 1.54) is 24.3 Å². The zero-order chi connectivity index (χ0) is 43.9. The Kier molecular flexibility index (Phi) is 17.8. The molecule has 0 aliphatic carbocycles. The molecule has 0 aromatic heterocycles. The van der Waals surface area contributed by atoms with Crippen LogP contribution in [0.4, 0.5) is 16.2 Å². The second-order valence-electron chi connectivity index (χ2n) is 15.7. The van der Waals surface area contributed by atoms with E-state index in [0.717, 1.165) is 53.7 Å². The summed E-state index contributed by atoms with van der Waals surface area (Å²) in [5.41, 5.74) is 1.89. The summed E-state index contributed by atoms with van der Waals surface area (Å²) in [6, 6.07) is 25.5. The molecule has 4 aromatic carbocycles. The number of rotatable bonds is 22. The fourth-order valence-electron chi connectivity index (χ4n) is 6.08. The second kappa shape index (κ2) is 22.4. The largest absolute Gasteiger partial charge is 0.496 e. The molecule has 16 heteroatoms. The van der Waals surface area contributed by atoms with Crippen LogP contribution in [0.2, 0.25) is 0 Å². The molecule has 0 aliphatic heterocycles. The van der Waals surface area contributed by atoms with Crippen LogP contribution in [-0.4, -0.2) is 107 Å². The van der Waals surface area contributed by atoms with Gasteiger partial charge in [-0.1, -0.05) is 42.5 Å². The van der Waals surface area contributed by atoms with Gasteiger partial charge in [-0.05, 0) is 121 Å². The van der Waals surface area contributed by atoms with Crippen LogP contribution in [0.3, 0.4) is 0 Å². The fraction of sp³-hybridized carbons (Fsp3) is 0.409. The molecule has 2 amide bonds. The summed E-state index contributed by atoms with van der Waals surface area (Å²) in [6.07, 6.45) is 2.29. The lowest BCUT2D eigenvalue weighted by Crippen LogP contribution is -2.33. The summed E-state index contributed by atoms with van der Waals surface area (Å²) < 4.78 is 39.9. The van der Waals surface area contributed by atoms with E-state index in [0.29, 0.717) is 37.3 Å². The summed E-state index contributed by atoms with van der Waals surface area (Å²) in [7, 11) is 3.31. The molecule has 4 rings (SSSR count). The van der Waals surface area contributed by atoms with E-state index in [2.05, 4.69) is 46.3 Å². The molecule has 0 fully saturated rings. The zero-order valence-electron chi connectivity index (χ0n) is 35.5. The van der Waals surface area contributed by atoms with Crippen molar-refractivity contribution in [3.05, 3.63) is 112 Å². The number of thioether (sulfide) groups is 1. The minimum Gasteiger partial charge on any atom is -0.496 e. The van der Waals surface area contributed by atoms with Crippen LogP contribution in [0.15, 0.2) is 101 Å². The van der Waals surface area contributed by atoms with Gasteiger partial charge in [0, 0.05) is 60.1 Å². The molecule has 14 nitrogen and oxygen atoms in total. The van der Waals surface area contributed by atoms with Gasteiger partial charge < -0.3 is 29.9 Å². The molecule has 60 heavy (non-hydrogen) atoms. The maximum absolute atomic E-state index is 13.4. The first-order chi connectivity index (χ1) is 28.4. The minimum atomic E-state index is -4.50. The predicted octanol–water partition coefficient (Wildman–Crippen LogP) is 7.69. The Labute approximate surface area is 358 Å². The van der Waals surface area contributed by atoms with Gasteiger partial charge in [0.15, 0.2) is 0 Å². The first-order valence-corrected chi connectivity index (χ1v) is 22.3. The number of nitro benzene ring substituents is 1. The van der Waals surface area contributed by atoms with Crippen molar-refractivity contribution in [2.24, 2.45) is 0 Å². The van der Waals surface area contributed by atoms with Gasteiger partial charge in [0.2, 0.25) is 0 Å². The Morgan fingerprint density at radius 3 is 2.27 bits per heavy atom. The van der Waals surface area contributed by atoms with Gasteiger partial charge in [0.25, 0.3) is 21.6 Å². The third-order valence-corrected chi connectivity index (χ3v) is 11.8. The smallest absolute Gasteiger partial charge is 0.407 e. The number of alkyl carbamates (subject to hydrolysis) is 1. The lowest BCUT2D eigenvalue weighted by molar-refractivity contribution is -0.384. The highest BCUT2D eigenvalue weighted by Gasteiger charge is 2.25. The van der Waals surface area contributed by atoms with Crippen LogP contribution in [0.25, 0.3) is 11.1 Å². The quantitative estimate of drug-likeness (QED) is 0.0305. The van der Waals surface area contributed by atoms with Crippen molar-refractivity contribution in [2.75, 3.05) is 65.5 Å². The van der Waals surface area contributed by atoms with Crippen LogP contribution < -0.4 is 20.1 Å². The average Bonchev–Trinajstić information content (AvgIpc) is 3.20. The van der Waals surface area contributed by atoms with E-state index in [1.54, 1.807) is 51.8 Å². The van der Waals surface area contributed by atoms with Crippen LogP contribution in [0.1, 0.15) is 56.0 Å². The number of unbranched alkanes of at least 4 members (excludes halogenated alkanes) is 1. The number of methoxy groups -OCH3 is 1. The molecule has 3 N–H and O–H groups in total. The maximum atomic E-state index is 13.4. The molecule has 0 heterocycles. The van der Waals surface area contributed by atoms with Crippen molar-refractivity contribution < 1.29 is 32.4 Å². The van der Waals surface area contributed by atoms with E-state index in [1.807, 2.05) is 48.5 Å². The van der Waals surface area contributed by atoms with Gasteiger partial charge in [0.1, 0.15) is 17.0 Å². The predicted molar refractivity (Wildman–Crippen MR) is 239 cm³/mol. The number of benzene rings is 4. The third-order valence-electron chi connectivity index (χ3n) is 9.34. The summed E-state index contributed by atoms with van der Waals surface area (Å²) in [6.45, 7) is 8.60. The molecular weight excluding hydrogens is 805 g/mol. The van der Waals surface area contributed by atoms with Crippen molar-refractivity contribution >= 4 is 45.2 Å². The SMILES string of the molecule is COc1cc(CCN(C)CCN(C)C)ccc1-c1ccc(C(=O)NS(=O)(=O)c2ccc(N[C@H](CCCCNC(=O)OC(C)(C)C)CSc3ccccc3)c([N+](=O)[O-])c2)cc1. The van der Waals surface area contributed by atoms with Crippen molar-refractivity contribution in [3.8, 4) is 16.9 Å². The molecule has 324 valence electrons. The Morgan fingerprint density at radius 1 is 0.900 bits per heavy atom. The Morgan fingerprint density at radius 2 is 1.62 bits per heavy atom. The summed E-state index contributed by atoms with van der Waals surface area (Å²) in [5.74, 6) is 0.353. The number of hydrogen-bond donors (Lipinski definition) is 3. The first kappa shape index (κ1) is 47.5. The van der Waals surface area contributed by atoms with Crippen LogP contribution in [0.5, 0.6) is 5.75 Å².